The SMILES string of the molecule is CC/C=C\C/C=C\C/C=C\C/C=C\C/C=C\C/C=C\CCCCCCCCCCCCC(=O)OCC(COC(=O)CCCCCCC/C=C\C/C=C\CCC)OC(=O)CCCCCCCCCCCCCCCCCCCCCCC. The molecule has 0 N–H and O–H groups in total. The van der Waals surface area contributed by atoms with Crippen molar-refractivity contribution in [2.45, 2.75) is 348 Å². The van der Waals surface area contributed by atoms with Gasteiger partial charge in [0.1, 0.15) is 13.2 Å². The van der Waals surface area contributed by atoms with Crippen LogP contribution in [0.4, 0.5) is 0 Å². The molecule has 81 heavy (non-hydrogen) atoms. The normalized spacial score (nSPS) is 12.7. The Kier molecular flexibility index (Phi) is 65.7. The summed E-state index contributed by atoms with van der Waals surface area (Å²) in [4.78, 5) is 38.4. The van der Waals surface area contributed by atoms with Gasteiger partial charge in [0.2, 0.25) is 0 Å². The summed E-state index contributed by atoms with van der Waals surface area (Å²) in [5.41, 5.74) is 0. The fraction of sp³-hybridized carbons (Fsp3) is 0.747. The molecule has 466 valence electrons. The topological polar surface area (TPSA) is 78.9 Å². The maximum atomic E-state index is 12.9. The molecule has 0 heterocycles. The van der Waals surface area contributed by atoms with Crippen molar-refractivity contribution < 1.29 is 28.6 Å². The molecular weight excluding hydrogens is 997 g/mol. The Labute approximate surface area is 502 Å². The second-order valence-corrected chi connectivity index (χ2v) is 23.1. The molecule has 0 radical (unpaired) electrons. The predicted octanol–water partition coefficient (Wildman–Crippen LogP) is 24.0. The highest BCUT2D eigenvalue weighted by molar-refractivity contribution is 5.71. The molecule has 0 saturated heterocycles. The number of esters is 3. The minimum atomic E-state index is -0.785. The number of unbranched alkanes of at least 4 members (excludes halogenated alkanes) is 36. The molecule has 0 aliphatic heterocycles. The highest BCUT2D eigenvalue weighted by Crippen LogP contribution is 2.17. The Morgan fingerprint density at radius 3 is 0.802 bits per heavy atom. The number of carbonyl (C=O) groups is 3. The van der Waals surface area contributed by atoms with Crippen molar-refractivity contribution in [1.29, 1.82) is 0 Å². The van der Waals surface area contributed by atoms with E-state index in [0.717, 1.165) is 122 Å². The fourth-order valence-electron chi connectivity index (χ4n) is 9.90. The largest absolute Gasteiger partial charge is 0.462 e. The van der Waals surface area contributed by atoms with E-state index in [0.29, 0.717) is 19.3 Å². The third-order valence-corrected chi connectivity index (χ3v) is 15.1. The van der Waals surface area contributed by atoms with Gasteiger partial charge in [-0.3, -0.25) is 14.4 Å². The van der Waals surface area contributed by atoms with Gasteiger partial charge in [0.15, 0.2) is 6.10 Å². The molecule has 0 fully saturated rings. The Morgan fingerprint density at radius 1 is 0.259 bits per heavy atom. The van der Waals surface area contributed by atoms with E-state index in [-0.39, 0.29) is 31.1 Å². The molecule has 0 aromatic rings. The van der Waals surface area contributed by atoms with Gasteiger partial charge in [0, 0.05) is 19.3 Å². The molecule has 0 rings (SSSR count). The zero-order valence-corrected chi connectivity index (χ0v) is 53.5. The lowest BCUT2D eigenvalue weighted by atomic mass is 10.0. The van der Waals surface area contributed by atoms with Crippen LogP contribution in [0.15, 0.2) is 97.2 Å². The summed E-state index contributed by atoms with van der Waals surface area (Å²) < 4.78 is 17.0. The van der Waals surface area contributed by atoms with Crippen molar-refractivity contribution in [3.8, 4) is 0 Å². The Hall–Kier alpha value is -3.67. The van der Waals surface area contributed by atoms with E-state index >= 15 is 0 Å². The first kappa shape index (κ1) is 77.3. The number of carbonyl (C=O) groups excluding carboxylic acids is 3. The van der Waals surface area contributed by atoms with Gasteiger partial charge in [0.25, 0.3) is 0 Å². The fourth-order valence-corrected chi connectivity index (χ4v) is 9.90. The lowest BCUT2D eigenvalue weighted by Crippen LogP contribution is -2.30. The molecule has 6 nitrogen and oxygen atoms in total. The molecule has 0 spiro atoms. The van der Waals surface area contributed by atoms with E-state index in [4.69, 9.17) is 14.2 Å². The van der Waals surface area contributed by atoms with E-state index in [1.165, 1.54) is 180 Å². The minimum absolute atomic E-state index is 0.0813. The average Bonchev–Trinajstić information content (AvgIpc) is 3.46. The van der Waals surface area contributed by atoms with Crippen molar-refractivity contribution in [2.75, 3.05) is 13.2 Å². The molecule has 0 bridgehead atoms. The van der Waals surface area contributed by atoms with Crippen LogP contribution < -0.4 is 0 Å². The molecule has 0 aliphatic rings. The van der Waals surface area contributed by atoms with Crippen LogP contribution in [0.25, 0.3) is 0 Å². The van der Waals surface area contributed by atoms with E-state index in [9.17, 15) is 14.4 Å². The Morgan fingerprint density at radius 2 is 0.506 bits per heavy atom. The van der Waals surface area contributed by atoms with Crippen LogP contribution in [0.5, 0.6) is 0 Å². The van der Waals surface area contributed by atoms with Gasteiger partial charge in [-0.1, -0.05) is 323 Å². The second-order valence-electron chi connectivity index (χ2n) is 23.1. The predicted molar refractivity (Wildman–Crippen MR) is 353 cm³/mol. The van der Waals surface area contributed by atoms with Gasteiger partial charge in [-0.25, -0.2) is 0 Å². The van der Waals surface area contributed by atoms with Crippen LogP contribution in [-0.2, 0) is 28.6 Å². The lowest BCUT2D eigenvalue weighted by Gasteiger charge is -2.18. The quantitative estimate of drug-likeness (QED) is 0.0261. The smallest absolute Gasteiger partial charge is 0.306 e. The molecule has 0 amide bonds. The summed E-state index contributed by atoms with van der Waals surface area (Å²) in [5.74, 6) is -0.883. The summed E-state index contributed by atoms with van der Waals surface area (Å²) in [6.07, 6.45) is 92.9. The van der Waals surface area contributed by atoms with Gasteiger partial charge < -0.3 is 14.2 Å². The average molecular weight is 1130 g/mol. The first-order valence-corrected chi connectivity index (χ1v) is 34.7. The first-order chi connectivity index (χ1) is 40.0. The lowest BCUT2D eigenvalue weighted by molar-refractivity contribution is -0.167. The molecule has 0 aromatic heterocycles. The third kappa shape index (κ3) is 67.0. The van der Waals surface area contributed by atoms with E-state index in [2.05, 4.69) is 118 Å². The minimum Gasteiger partial charge on any atom is -0.462 e. The zero-order chi connectivity index (χ0) is 58.5. The number of rotatable bonds is 63. The van der Waals surface area contributed by atoms with Crippen molar-refractivity contribution in [3.63, 3.8) is 0 Å². The summed E-state index contributed by atoms with van der Waals surface area (Å²) >= 11 is 0. The van der Waals surface area contributed by atoms with Gasteiger partial charge in [-0.05, 0) is 96.3 Å². The standard InChI is InChI=1S/C75H130O6/c1-4-7-10-13-16-19-22-25-27-29-31-33-34-35-36-37-38-39-40-42-43-45-47-50-53-56-59-62-65-68-74(77)80-71-72(70-79-73(76)67-64-61-58-55-52-49-24-21-18-15-12-9-6-3)81-75(78)69-66-63-60-57-54-51-48-46-44-41-32-30-28-26-23-20-17-14-11-8-5-2/h7,10,12,15-16,19,21,24-25,27,31,33,35-36,38-39,72H,4-6,8-9,11,13-14,17-18,20,22-23,26,28-30,32,34,37,40-71H2,1-3H3/b10-7-,15-12-,19-16-,24-21-,27-25-,33-31-,36-35-,39-38-. The molecule has 1 unspecified atom stereocenters. The third-order valence-electron chi connectivity index (χ3n) is 15.1. The van der Waals surface area contributed by atoms with Crippen LogP contribution in [-0.4, -0.2) is 37.2 Å². The summed E-state index contributed by atoms with van der Waals surface area (Å²) in [6.45, 7) is 6.49. The molecule has 6 heteroatoms. The van der Waals surface area contributed by atoms with Gasteiger partial charge in [-0.15, -0.1) is 0 Å². The van der Waals surface area contributed by atoms with Crippen molar-refractivity contribution in [2.24, 2.45) is 0 Å². The van der Waals surface area contributed by atoms with E-state index in [1.54, 1.807) is 0 Å². The van der Waals surface area contributed by atoms with Crippen LogP contribution >= 0.6 is 0 Å². The summed E-state index contributed by atoms with van der Waals surface area (Å²) in [7, 11) is 0. The molecule has 0 saturated carbocycles. The monoisotopic (exact) mass is 1130 g/mol. The maximum Gasteiger partial charge on any atom is 0.306 e. The summed E-state index contributed by atoms with van der Waals surface area (Å²) in [6, 6.07) is 0. The maximum absolute atomic E-state index is 12.9. The van der Waals surface area contributed by atoms with Gasteiger partial charge >= 0.3 is 17.9 Å². The van der Waals surface area contributed by atoms with Crippen molar-refractivity contribution >= 4 is 17.9 Å². The van der Waals surface area contributed by atoms with Gasteiger partial charge in [0.05, 0.1) is 0 Å². The number of ether oxygens (including phenoxy) is 3. The first-order valence-electron chi connectivity index (χ1n) is 34.7. The number of hydrogen-bond donors (Lipinski definition) is 0. The zero-order valence-electron chi connectivity index (χ0n) is 53.5. The molecule has 0 aromatic carbocycles. The molecular formula is C75H130O6. The number of hydrogen-bond acceptors (Lipinski definition) is 6. The van der Waals surface area contributed by atoms with Crippen LogP contribution in [0, 0.1) is 0 Å². The van der Waals surface area contributed by atoms with Crippen LogP contribution in [0.3, 0.4) is 0 Å². The summed E-state index contributed by atoms with van der Waals surface area (Å²) in [5, 5.41) is 0. The molecule has 0 aliphatic carbocycles. The highest BCUT2D eigenvalue weighted by atomic mass is 16.6. The van der Waals surface area contributed by atoms with Gasteiger partial charge in [-0.2, -0.15) is 0 Å². The van der Waals surface area contributed by atoms with Crippen LogP contribution in [0.2, 0.25) is 0 Å². The highest BCUT2D eigenvalue weighted by Gasteiger charge is 2.19. The second kappa shape index (κ2) is 68.8. The Bertz CT molecular complexity index is 1580. The van der Waals surface area contributed by atoms with Crippen molar-refractivity contribution in [1.82, 2.24) is 0 Å². The number of allylic oxidation sites excluding steroid dienone is 16. The van der Waals surface area contributed by atoms with Crippen LogP contribution in [0.1, 0.15) is 342 Å². The van der Waals surface area contributed by atoms with E-state index in [1.807, 2.05) is 0 Å². The van der Waals surface area contributed by atoms with E-state index < -0.39 is 6.10 Å². The van der Waals surface area contributed by atoms with Crippen molar-refractivity contribution in [3.05, 3.63) is 97.2 Å². The Balaban J connectivity index is 4.28. The molecule has 1 atom stereocenters.